The quantitative estimate of drug-likeness (QED) is 0.908. The van der Waals surface area contributed by atoms with E-state index >= 15 is 0 Å². The van der Waals surface area contributed by atoms with Crippen LogP contribution in [0.3, 0.4) is 0 Å². The lowest BCUT2D eigenvalue weighted by atomic mass is 10.1. The molecule has 0 aliphatic carbocycles. The van der Waals surface area contributed by atoms with Gasteiger partial charge in [-0.2, -0.15) is 0 Å². The maximum atomic E-state index is 12.4. The van der Waals surface area contributed by atoms with Crippen molar-refractivity contribution in [1.82, 2.24) is 4.90 Å². The molecule has 126 valence electrons. The first-order valence-electron chi connectivity index (χ1n) is 8.47. The van der Waals surface area contributed by atoms with Gasteiger partial charge in [-0.05, 0) is 61.7 Å². The molecule has 0 bridgehead atoms. The van der Waals surface area contributed by atoms with E-state index in [0.717, 1.165) is 37.4 Å². The average molecular weight is 323 g/mol. The van der Waals surface area contributed by atoms with E-state index in [2.05, 4.69) is 42.3 Å². The lowest BCUT2D eigenvalue weighted by Gasteiger charge is -2.36. The van der Waals surface area contributed by atoms with Gasteiger partial charge in [0.2, 0.25) is 0 Å². The van der Waals surface area contributed by atoms with E-state index in [4.69, 9.17) is 0 Å². The zero-order chi connectivity index (χ0) is 17.1. The number of piperazine rings is 1. The highest BCUT2D eigenvalue weighted by Crippen LogP contribution is 2.20. The van der Waals surface area contributed by atoms with Gasteiger partial charge >= 0.3 is 6.03 Å². The smallest absolute Gasteiger partial charge is 0.321 e. The molecule has 0 atom stereocenters. The standard InChI is InChI=1S/C20H25N3O/c1-15-5-4-6-18(12-15)21-20(24)23-9-7-22(8-10-23)19-13-16(2)11-17(3)14-19/h4-6,11-14H,7-10H2,1-3H3,(H,21,24). The summed E-state index contributed by atoms with van der Waals surface area (Å²) >= 11 is 0. The fourth-order valence-corrected chi connectivity index (χ4v) is 3.23. The third kappa shape index (κ3) is 3.88. The molecular weight excluding hydrogens is 298 g/mol. The molecule has 2 aromatic carbocycles. The molecule has 1 saturated heterocycles. The largest absolute Gasteiger partial charge is 0.368 e. The summed E-state index contributed by atoms with van der Waals surface area (Å²) in [5, 5.41) is 2.99. The zero-order valence-electron chi connectivity index (χ0n) is 14.7. The lowest BCUT2D eigenvalue weighted by molar-refractivity contribution is 0.208. The third-order valence-electron chi connectivity index (χ3n) is 4.41. The summed E-state index contributed by atoms with van der Waals surface area (Å²) in [6.07, 6.45) is 0. The maximum Gasteiger partial charge on any atom is 0.321 e. The number of rotatable bonds is 2. The summed E-state index contributed by atoms with van der Waals surface area (Å²) in [7, 11) is 0. The van der Waals surface area contributed by atoms with Crippen molar-refractivity contribution in [3.63, 3.8) is 0 Å². The van der Waals surface area contributed by atoms with E-state index < -0.39 is 0 Å². The Bertz CT molecular complexity index is 713. The van der Waals surface area contributed by atoms with Crippen LogP contribution in [0.25, 0.3) is 0 Å². The van der Waals surface area contributed by atoms with E-state index in [1.807, 2.05) is 36.1 Å². The Morgan fingerprint density at radius 1 is 0.875 bits per heavy atom. The number of nitrogens with zero attached hydrogens (tertiary/aromatic N) is 2. The second-order valence-corrected chi connectivity index (χ2v) is 6.62. The normalized spacial score (nSPS) is 14.6. The SMILES string of the molecule is Cc1cccc(NC(=O)N2CCN(c3cc(C)cc(C)c3)CC2)c1. The van der Waals surface area contributed by atoms with Gasteiger partial charge in [-0.1, -0.05) is 18.2 Å². The predicted molar refractivity (Wildman–Crippen MR) is 99.9 cm³/mol. The Morgan fingerprint density at radius 3 is 2.17 bits per heavy atom. The summed E-state index contributed by atoms with van der Waals surface area (Å²) in [5.41, 5.74) is 5.82. The fourth-order valence-electron chi connectivity index (χ4n) is 3.23. The minimum atomic E-state index is -0.0133. The Labute approximate surface area is 144 Å². The number of hydrogen-bond donors (Lipinski definition) is 1. The molecule has 1 N–H and O–H groups in total. The van der Waals surface area contributed by atoms with Crippen molar-refractivity contribution in [2.45, 2.75) is 20.8 Å². The first-order chi connectivity index (χ1) is 11.5. The number of amides is 2. The van der Waals surface area contributed by atoms with Crippen LogP contribution in [-0.2, 0) is 0 Å². The van der Waals surface area contributed by atoms with Crippen LogP contribution >= 0.6 is 0 Å². The van der Waals surface area contributed by atoms with Crippen molar-refractivity contribution >= 4 is 17.4 Å². The van der Waals surface area contributed by atoms with Crippen LogP contribution in [0.1, 0.15) is 16.7 Å². The molecule has 24 heavy (non-hydrogen) atoms. The van der Waals surface area contributed by atoms with Gasteiger partial charge in [0.1, 0.15) is 0 Å². The number of carbonyl (C=O) groups is 1. The Balaban J connectivity index is 1.59. The van der Waals surface area contributed by atoms with Gasteiger partial charge in [-0.3, -0.25) is 0 Å². The second-order valence-electron chi connectivity index (χ2n) is 6.62. The molecule has 0 radical (unpaired) electrons. The zero-order valence-corrected chi connectivity index (χ0v) is 14.7. The molecule has 0 spiro atoms. The Kier molecular flexibility index (Phi) is 4.74. The number of nitrogens with one attached hydrogen (secondary N) is 1. The lowest BCUT2D eigenvalue weighted by Crippen LogP contribution is -2.50. The Morgan fingerprint density at radius 2 is 1.54 bits per heavy atom. The maximum absolute atomic E-state index is 12.4. The highest BCUT2D eigenvalue weighted by Gasteiger charge is 2.21. The molecule has 1 heterocycles. The molecule has 0 unspecified atom stereocenters. The topological polar surface area (TPSA) is 35.6 Å². The van der Waals surface area contributed by atoms with Crippen LogP contribution in [0.4, 0.5) is 16.2 Å². The highest BCUT2D eigenvalue weighted by molar-refractivity contribution is 5.89. The number of carbonyl (C=O) groups excluding carboxylic acids is 1. The van der Waals surface area contributed by atoms with Gasteiger partial charge in [-0.25, -0.2) is 4.79 Å². The summed E-state index contributed by atoms with van der Waals surface area (Å²) in [6, 6.07) is 14.5. The number of aryl methyl sites for hydroxylation is 3. The van der Waals surface area contributed by atoms with Gasteiger partial charge < -0.3 is 15.1 Å². The van der Waals surface area contributed by atoms with Crippen molar-refractivity contribution in [2.24, 2.45) is 0 Å². The van der Waals surface area contributed by atoms with E-state index in [1.165, 1.54) is 16.8 Å². The first-order valence-corrected chi connectivity index (χ1v) is 8.47. The molecule has 4 nitrogen and oxygen atoms in total. The third-order valence-corrected chi connectivity index (χ3v) is 4.41. The number of benzene rings is 2. The minimum absolute atomic E-state index is 0.0133. The summed E-state index contributed by atoms with van der Waals surface area (Å²) < 4.78 is 0. The van der Waals surface area contributed by atoms with Crippen LogP contribution in [0.2, 0.25) is 0 Å². The minimum Gasteiger partial charge on any atom is -0.368 e. The van der Waals surface area contributed by atoms with E-state index in [1.54, 1.807) is 0 Å². The van der Waals surface area contributed by atoms with Gasteiger partial charge in [0.15, 0.2) is 0 Å². The molecule has 1 fully saturated rings. The molecule has 1 aliphatic rings. The van der Waals surface area contributed by atoms with Crippen molar-refractivity contribution in [1.29, 1.82) is 0 Å². The number of hydrogen-bond acceptors (Lipinski definition) is 2. The van der Waals surface area contributed by atoms with Gasteiger partial charge in [0, 0.05) is 37.6 Å². The van der Waals surface area contributed by atoms with Gasteiger partial charge in [0.25, 0.3) is 0 Å². The van der Waals surface area contributed by atoms with Crippen LogP contribution in [-0.4, -0.2) is 37.1 Å². The predicted octanol–water partition coefficient (Wildman–Crippen LogP) is 3.97. The van der Waals surface area contributed by atoms with Crippen molar-refractivity contribution in [3.8, 4) is 0 Å². The van der Waals surface area contributed by atoms with Crippen LogP contribution in [0, 0.1) is 20.8 Å². The number of urea groups is 1. The van der Waals surface area contributed by atoms with Crippen LogP contribution in [0.15, 0.2) is 42.5 Å². The first kappa shape index (κ1) is 16.4. The van der Waals surface area contributed by atoms with E-state index in [9.17, 15) is 4.79 Å². The van der Waals surface area contributed by atoms with Crippen molar-refractivity contribution < 1.29 is 4.79 Å². The fraction of sp³-hybridized carbons (Fsp3) is 0.350. The second kappa shape index (κ2) is 6.95. The highest BCUT2D eigenvalue weighted by atomic mass is 16.2. The molecule has 2 amide bonds. The van der Waals surface area contributed by atoms with Crippen molar-refractivity contribution in [3.05, 3.63) is 59.2 Å². The summed E-state index contributed by atoms with van der Waals surface area (Å²) in [5.74, 6) is 0. The molecule has 1 aliphatic heterocycles. The molecule has 0 saturated carbocycles. The van der Waals surface area contributed by atoms with Crippen LogP contribution in [0.5, 0.6) is 0 Å². The molecule has 3 rings (SSSR count). The van der Waals surface area contributed by atoms with E-state index in [-0.39, 0.29) is 6.03 Å². The van der Waals surface area contributed by atoms with Crippen LogP contribution < -0.4 is 10.2 Å². The summed E-state index contributed by atoms with van der Waals surface area (Å²) in [4.78, 5) is 16.7. The van der Waals surface area contributed by atoms with E-state index in [0.29, 0.717) is 0 Å². The molecule has 4 heteroatoms. The van der Waals surface area contributed by atoms with Crippen molar-refractivity contribution in [2.75, 3.05) is 36.4 Å². The Hall–Kier alpha value is -2.49. The summed E-state index contributed by atoms with van der Waals surface area (Å²) in [6.45, 7) is 9.49. The molecule has 0 aromatic heterocycles. The monoisotopic (exact) mass is 323 g/mol. The number of anilines is 2. The van der Waals surface area contributed by atoms with Gasteiger partial charge in [-0.15, -0.1) is 0 Å². The van der Waals surface area contributed by atoms with Gasteiger partial charge in [0.05, 0.1) is 0 Å². The average Bonchev–Trinajstić information content (AvgIpc) is 2.54. The molecular formula is C20H25N3O. The molecule has 2 aromatic rings.